The molecule has 0 saturated carbocycles. The second kappa shape index (κ2) is 7.71. The smallest absolute Gasteiger partial charge is 0.323 e. The lowest BCUT2D eigenvalue weighted by Crippen LogP contribution is -2.48. The highest BCUT2D eigenvalue weighted by Gasteiger charge is 2.29. The van der Waals surface area contributed by atoms with Crippen LogP contribution in [0.2, 0.25) is 0 Å². The van der Waals surface area contributed by atoms with Gasteiger partial charge in [0, 0.05) is 13.1 Å². The Balaban J connectivity index is 1.91. The topological polar surface area (TPSA) is 75.7 Å². The van der Waals surface area contributed by atoms with E-state index in [1.165, 1.54) is 7.11 Å². The number of hydrogen-bond acceptors (Lipinski definition) is 5. The lowest BCUT2D eigenvalue weighted by atomic mass is 10.0. The van der Waals surface area contributed by atoms with E-state index in [-0.39, 0.29) is 23.5 Å². The first kappa shape index (κ1) is 16.9. The highest BCUT2D eigenvalue weighted by molar-refractivity contribution is 7.89. The summed E-state index contributed by atoms with van der Waals surface area (Å²) in [6.45, 7) is 1.55. The SMILES string of the molecule is COC(=O)[C@@H]1CCCCN1CCNS(=O)(=O)c1ccccc1. The number of nitrogens with one attached hydrogen (secondary N) is 1. The fourth-order valence-electron chi connectivity index (χ4n) is 2.67. The van der Waals surface area contributed by atoms with Gasteiger partial charge in [-0.25, -0.2) is 13.1 Å². The first-order valence-corrected chi connectivity index (χ1v) is 8.89. The predicted octanol–water partition coefficient (Wildman–Crippen LogP) is 0.992. The minimum atomic E-state index is -3.50. The quantitative estimate of drug-likeness (QED) is 0.789. The summed E-state index contributed by atoms with van der Waals surface area (Å²) in [6, 6.07) is 7.99. The van der Waals surface area contributed by atoms with Crippen LogP contribution in [0, 0.1) is 0 Å². The maximum absolute atomic E-state index is 12.1. The molecular weight excluding hydrogens is 304 g/mol. The van der Waals surface area contributed by atoms with E-state index in [1.54, 1.807) is 30.3 Å². The Morgan fingerprint density at radius 3 is 2.73 bits per heavy atom. The molecule has 122 valence electrons. The molecule has 1 aliphatic heterocycles. The molecule has 0 radical (unpaired) electrons. The lowest BCUT2D eigenvalue weighted by molar-refractivity contribution is -0.148. The summed E-state index contributed by atoms with van der Waals surface area (Å²) in [5.74, 6) is -0.245. The van der Waals surface area contributed by atoms with Crippen molar-refractivity contribution in [2.24, 2.45) is 0 Å². The number of esters is 1. The average molecular weight is 326 g/mol. The number of hydrogen-bond donors (Lipinski definition) is 1. The zero-order chi connectivity index (χ0) is 16.0. The summed E-state index contributed by atoms with van der Waals surface area (Å²) < 4.78 is 31.6. The lowest BCUT2D eigenvalue weighted by Gasteiger charge is -2.33. The molecule has 6 nitrogen and oxygen atoms in total. The summed E-state index contributed by atoms with van der Waals surface area (Å²) in [5.41, 5.74) is 0. The first-order chi connectivity index (χ1) is 10.5. The van der Waals surface area contributed by atoms with E-state index in [2.05, 4.69) is 4.72 Å². The van der Waals surface area contributed by atoms with Gasteiger partial charge in [-0.1, -0.05) is 24.6 Å². The van der Waals surface area contributed by atoms with Crippen LogP contribution in [-0.2, 0) is 19.6 Å². The van der Waals surface area contributed by atoms with Gasteiger partial charge in [0.15, 0.2) is 0 Å². The monoisotopic (exact) mass is 326 g/mol. The maximum Gasteiger partial charge on any atom is 0.323 e. The van der Waals surface area contributed by atoms with Gasteiger partial charge < -0.3 is 4.74 Å². The van der Waals surface area contributed by atoms with Gasteiger partial charge in [-0.05, 0) is 31.5 Å². The fraction of sp³-hybridized carbons (Fsp3) is 0.533. The molecule has 1 aromatic carbocycles. The Labute approximate surface area is 131 Å². The van der Waals surface area contributed by atoms with Crippen LogP contribution in [0.3, 0.4) is 0 Å². The molecule has 1 N–H and O–H groups in total. The number of nitrogens with zero attached hydrogens (tertiary/aromatic N) is 1. The number of benzene rings is 1. The molecule has 1 aromatic rings. The molecule has 0 amide bonds. The van der Waals surface area contributed by atoms with Crippen LogP contribution in [-0.4, -0.2) is 52.1 Å². The molecule has 1 aliphatic rings. The van der Waals surface area contributed by atoms with Gasteiger partial charge in [0.1, 0.15) is 6.04 Å². The van der Waals surface area contributed by atoms with Crippen molar-refractivity contribution in [2.45, 2.75) is 30.2 Å². The normalized spacial score (nSPS) is 19.8. The van der Waals surface area contributed by atoms with E-state index in [9.17, 15) is 13.2 Å². The maximum atomic E-state index is 12.1. The van der Waals surface area contributed by atoms with Crippen molar-refractivity contribution in [1.29, 1.82) is 0 Å². The number of ether oxygens (including phenoxy) is 1. The van der Waals surface area contributed by atoms with Crippen LogP contribution in [0.5, 0.6) is 0 Å². The minimum Gasteiger partial charge on any atom is -0.468 e. The van der Waals surface area contributed by atoms with Crippen molar-refractivity contribution in [2.75, 3.05) is 26.7 Å². The number of piperidine rings is 1. The van der Waals surface area contributed by atoms with Crippen LogP contribution in [0.15, 0.2) is 35.2 Å². The van der Waals surface area contributed by atoms with Crippen LogP contribution in [0.4, 0.5) is 0 Å². The largest absolute Gasteiger partial charge is 0.468 e. The second-order valence-electron chi connectivity index (χ2n) is 5.28. The number of likely N-dealkylation sites (tertiary alicyclic amines) is 1. The third-order valence-electron chi connectivity index (χ3n) is 3.83. The molecule has 0 aliphatic carbocycles. The minimum absolute atomic E-state index is 0.245. The first-order valence-electron chi connectivity index (χ1n) is 7.41. The van der Waals surface area contributed by atoms with Crippen molar-refractivity contribution in [3.05, 3.63) is 30.3 Å². The highest BCUT2D eigenvalue weighted by Crippen LogP contribution is 2.17. The van der Waals surface area contributed by atoms with Gasteiger partial charge >= 0.3 is 5.97 Å². The van der Waals surface area contributed by atoms with E-state index >= 15 is 0 Å². The molecule has 1 heterocycles. The Hall–Kier alpha value is -1.44. The molecule has 2 rings (SSSR count). The van der Waals surface area contributed by atoms with Crippen molar-refractivity contribution in [1.82, 2.24) is 9.62 Å². The third kappa shape index (κ3) is 4.28. The highest BCUT2D eigenvalue weighted by atomic mass is 32.2. The number of carbonyl (C=O) groups is 1. The summed E-state index contributed by atoms with van der Waals surface area (Å²) in [6.07, 6.45) is 2.77. The van der Waals surface area contributed by atoms with Crippen LogP contribution >= 0.6 is 0 Å². The number of methoxy groups -OCH3 is 1. The second-order valence-corrected chi connectivity index (χ2v) is 7.05. The van der Waals surface area contributed by atoms with Crippen molar-refractivity contribution < 1.29 is 17.9 Å². The fourth-order valence-corrected chi connectivity index (χ4v) is 3.71. The Morgan fingerprint density at radius 1 is 1.32 bits per heavy atom. The van der Waals surface area contributed by atoms with Gasteiger partial charge in [0.25, 0.3) is 0 Å². The molecular formula is C15H22N2O4S. The Bertz CT molecular complexity index is 589. The Kier molecular flexibility index (Phi) is 5.93. The van der Waals surface area contributed by atoms with Gasteiger partial charge in [0.05, 0.1) is 12.0 Å². The number of carbonyl (C=O) groups excluding carboxylic acids is 1. The zero-order valence-corrected chi connectivity index (χ0v) is 13.5. The molecule has 1 saturated heterocycles. The molecule has 0 unspecified atom stereocenters. The van der Waals surface area contributed by atoms with Gasteiger partial charge in [-0.15, -0.1) is 0 Å². The number of sulfonamides is 1. The summed E-state index contributed by atoms with van der Waals surface area (Å²) in [4.78, 5) is 14.0. The summed E-state index contributed by atoms with van der Waals surface area (Å²) in [5, 5.41) is 0. The standard InChI is InChI=1S/C15H22N2O4S/c1-21-15(18)14-9-5-6-11-17(14)12-10-16-22(19,20)13-7-3-2-4-8-13/h2-4,7-8,14,16H,5-6,9-12H2,1H3/t14-/m0/s1. The van der Waals surface area contributed by atoms with Crippen molar-refractivity contribution in [3.63, 3.8) is 0 Å². The molecule has 0 aromatic heterocycles. The zero-order valence-electron chi connectivity index (χ0n) is 12.7. The van der Waals surface area contributed by atoms with E-state index < -0.39 is 10.0 Å². The number of rotatable bonds is 6. The average Bonchev–Trinajstić information content (AvgIpc) is 2.55. The predicted molar refractivity (Wildman–Crippen MR) is 82.9 cm³/mol. The van der Waals surface area contributed by atoms with Crippen LogP contribution in [0.25, 0.3) is 0 Å². The van der Waals surface area contributed by atoms with Gasteiger partial charge in [-0.2, -0.15) is 0 Å². The molecule has 0 spiro atoms. The summed E-state index contributed by atoms with van der Waals surface area (Å²) >= 11 is 0. The molecule has 7 heteroatoms. The van der Waals surface area contributed by atoms with E-state index in [4.69, 9.17) is 4.74 Å². The van der Waals surface area contributed by atoms with Gasteiger partial charge in [-0.3, -0.25) is 9.69 Å². The van der Waals surface area contributed by atoms with Crippen molar-refractivity contribution in [3.8, 4) is 0 Å². The molecule has 1 atom stereocenters. The van der Waals surface area contributed by atoms with Crippen LogP contribution < -0.4 is 4.72 Å². The molecule has 22 heavy (non-hydrogen) atoms. The molecule has 1 fully saturated rings. The molecule has 0 bridgehead atoms. The summed E-state index contributed by atoms with van der Waals surface area (Å²) in [7, 11) is -2.12. The third-order valence-corrected chi connectivity index (χ3v) is 5.31. The van der Waals surface area contributed by atoms with Crippen molar-refractivity contribution >= 4 is 16.0 Å². The van der Waals surface area contributed by atoms with E-state index in [0.717, 1.165) is 25.8 Å². The van der Waals surface area contributed by atoms with Crippen LogP contribution in [0.1, 0.15) is 19.3 Å². The van der Waals surface area contributed by atoms with E-state index in [1.807, 2.05) is 4.90 Å². The van der Waals surface area contributed by atoms with Gasteiger partial charge in [0.2, 0.25) is 10.0 Å². The van der Waals surface area contributed by atoms with E-state index in [0.29, 0.717) is 6.54 Å². The Morgan fingerprint density at radius 2 is 2.05 bits per heavy atom.